The number of rotatable bonds is 4. The average molecular weight is 407 g/mol. The number of hydrogen-bond acceptors (Lipinski definition) is 3. The molecule has 1 aliphatic rings. The largest absolute Gasteiger partial charge is 0.337 e. The van der Waals surface area contributed by atoms with E-state index in [2.05, 4.69) is 34.3 Å². The zero-order chi connectivity index (χ0) is 21.1. The van der Waals surface area contributed by atoms with Gasteiger partial charge in [-0.15, -0.1) is 0 Å². The Morgan fingerprint density at radius 3 is 2.43 bits per heavy atom. The van der Waals surface area contributed by atoms with Gasteiger partial charge in [0.05, 0.1) is 22.6 Å². The van der Waals surface area contributed by atoms with E-state index >= 15 is 0 Å². The Morgan fingerprint density at radius 2 is 1.70 bits per heavy atom. The molecule has 0 radical (unpaired) electrons. The van der Waals surface area contributed by atoms with E-state index in [9.17, 15) is 9.18 Å². The maximum Gasteiger partial charge on any atom is 0.257 e. The molecule has 5 nitrogen and oxygen atoms in total. The number of carbonyl (C=O) groups is 1. The number of nitrogens with zero attached hydrogens (tertiary/aromatic N) is 4. The van der Waals surface area contributed by atoms with Crippen LogP contribution in [-0.2, 0) is 6.54 Å². The third-order valence-corrected chi connectivity index (χ3v) is 5.70. The second-order valence-corrected chi connectivity index (χ2v) is 7.84. The van der Waals surface area contributed by atoms with Crippen molar-refractivity contribution in [3.8, 4) is 5.69 Å². The summed E-state index contributed by atoms with van der Waals surface area (Å²) in [4.78, 5) is 17.7. The number of aryl methyl sites for hydroxylation is 1. The monoisotopic (exact) mass is 406 g/mol. The molecular weight excluding hydrogens is 379 g/mol. The predicted octanol–water partition coefficient (Wildman–Crippen LogP) is 3.98. The standard InChI is InChI=1S/C24H27FN4O/c1-18-23(19(2)29(26-18)22-11-9-21(25)10-12-22)24(30)28-14-6-13-27(15-16-28)17-20-7-4-3-5-8-20/h3-5,7-12H,6,13-17H2,1-2H3. The highest BCUT2D eigenvalue weighted by Gasteiger charge is 2.26. The number of halogens is 1. The zero-order valence-electron chi connectivity index (χ0n) is 17.5. The van der Waals surface area contributed by atoms with Crippen molar-refractivity contribution < 1.29 is 9.18 Å². The van der Waals surface area contributed by atoms with Crippen molar-refractivity contribution in [1.29, 1.82) is 0 Å². The van der Waals surface area contributed by atoms with Crippen LogP contribution in [0.25, 0.3) is 5.69 Å². The molecule has 0 aliphatic carbocycles. The maximum absolute atomic E-state index is 13.4. The van der Waals surface area contributed by atoms with Gasteiger partial charge in [0.25, 0.3) is 5.91 Å². The van der Waals surface area contributed by atoms with E-state index in [1.165, 1.54) is 17.7 Å². The predicted molar refractivity (Wildman–Crippen MR) is 115 cm³/mol. The summed E-state index contributed by atoms with van der Waals surface area (Å²) >= 11 is 0. The average Bonchev–Trinajstić information content (AvgIpc) is 2.90. The van der Waals surface area contributed by atoms with Gasteiger partial charge in [0, 0.05) is 32.7 Å². The molecule has 0 unspecified atom stereocenters. The summed E-state index contributed by atoms with van der Waals surface area (Å²) in [7, 11) is 0. The van der Waals surface area contributed by atoms with Crippen LogP contribution in [0.1, 0.15) is 33.7 Å². The van der Waals surface area contributed by atoms with Crippen molar-refractivity contribution in [1.82, 2.24) is 19.6 Å². The van der Waals surface area contributed by atoms with Crippen molar-refractivity contribution >= 4 is 5.91 Å². The van der Waals surface area contributed by atoms with E-state index < -0.39 is 0 Å². The van der Waals surface area contributed by atoms with Crippen molar-refractivity contribution in [2.24, 2.45) is 0 Å². The summed E-state index contributed by atoms with van der Waals surface area (Å²) in [6, 6.07) is 16.6. The molecule has 156 valence electrons. The van der Waals surface area contributed by atoms with E-state index in [0.717, 1.165) is 44.0 Å². The fraction of sp³-hybridized carbons (Fsp3) is 0.333. The van der Waals surface area contributed by atoms with Crippen molar-refractivity contribution in [2.45, 2.75) is 26.8 Å². The van der Waals surface area contributed by atoms with Gasteiger partial charge in [0.1, 0.15) is 5.82 Å². The highest BCUT2D eigenvalue weighted by atomic mass is 19.1. The highest BCUT2D eigenvalue weighted by Crippen LogP contribution is 2.21. The van der Waals surface area contributed by atoms with Gasteiger partial charge in [-0.3, -0.25) is 9.69 Å². The van der Waals surface area contributed by atoms with Gasteiger partial charge in [-0.25, -0.2) is 9.07 Å². The number of aromatic nitrogens is 2. The Bertz CT molecular complexity index is 1010. The molecule has 1 aromatic heterocycles. The molecule has 0 N–H and O–H groups in total. The normalized spacial score (nSPS) is 15.2. The molecule has 1 amide bonds. The molecule has 0 spiro atoms. The Balaban J connectivity index is 1.48. The van der Waals surface area contributed by atoms with Crippen LogP contribution in [0.3, 0.4) is 0 Å². The van der Waals surface area contributed by atoms with Crippen LogP contribution in [0.5, 0.6) is 0 Å². The first kappa shape index (κ1) is 20.3. The molecule has 0 saturated carbocycles. The summed E-state index contributed by atoms with van der Waals surface area (Å²) < 4.78 is 15.0. The van der Waals surface area contributed by atoms with Crippen molar-refractivity contribution in [2.75, 3.05) is 26.2 Å². The van der Waals surface area contributed by atoms with Crippen LogP contribution in [0.15, 0.2) is 54.6 Å². The minimum Gasteiger partial charge on any atom is -0.337 e. The second-order valence-electron chi connectivity index (χ2n) is 7.84. The molecule has 3 aromatic rings. The number of hydrogen-bond donors (Lipinski definition) is 0. The first-order valence-corrected chi connectivity index (χ1v) is 10.4. The molecular formula is C24H27FN4O. The van der Waals surface area contributed by atoms with Crippen LogP contribution >= 0.6 is 0 Å². The van der Waals surface area contributed by atoms with E-state index in [4.69, 9.17) is 0 Å². The zero-order valence-corrected chi connectivity index (χ0v) is 17.5. The SMILES string of the molecule is Cc1nn(-c2ccc(F)cc2)c(C)c1C(=O)N1CCCN(Cc2ccccc2)CC1. The lowest BCUT2D eigenvalue weighted by molar-refractivity contribution is 0.0759. The molecule has 30 heavy (non-hydrogen) atoms. The molecule has 1 fully saturated rings. The number of benzene rings is 2. The molecule has 4 rings (SSSR count). The molecule has 0 bridgehead atoms. The third kappa shape index (κ3) is 4.28. The van der Waals surface area contributed by atoms with Crippen LogP contribution < -0.4 is 0 Å². The van der Waals surface area contributed by atoms with Crippen molar-refractivity contribution in [3.05, 3.63) is 82.9 Å². The Labute approximate surface area is 176 Å². The third-order valence-electron chi connectivity index (χ3n) is 5.70. The van der Waals surface area contributed by atoms with Gasteiger partial charge in [-0.1, -0.05) is 30.3 Å². The van der Waals surface area contributed by atoms with E-state index in [1.54, 1.807) is 16.8 Å². The number of amides is 1. The quantitative estimate of drug-likeness (QED) is 0.658. The summed E-state index contributed by atoms with van der Waals surface area (Å²) in [5.74, 6) is -0.263. The second kappa shape index (κ2) is 8.79. The lowest BCUT2D eigenvalue weighted by Gasteiger charge is -2.22. The summed E-state index contributed by atoms with van der Waals surface area (Å²) in [5.41, 5.74) is 4.18. The molecule has 2 aromatic carbocycles. The maximum atomic E-state index is 13.4. The fourth-order valence-corrected chi connectivity index (χ4v) is 4.12. The van der Waals surface area contributed by atoms with E-state index in [0.29, 0.717) is 17.8 Å². The van der Waals surface area contributed by atoms with Crippen LogP contribution in [0.2, 0.25) is 0 Å². The van der Waals surface area contributed by atoms with Crippen LogP contribution in [-0.4, -0.2) is 51.7 Å². The lowest BCUT2D eigenvalue weighted by atomic mass is 10.1. The Kier molecular flexibility index (Phi) is 5.95. The van der Waals surface area contributed by atoms with E-state index in [-0.39, 0.29) is 11.7 Å². The van der Waals surface area contributed by atoms with Gasteiger partial charge in [0.15, 0.2) is 0 Å². The number of carbonyl (C=O) groups excluding carboxylic acids is 1. The lowest BCUT2D eigenvalue weighted by Crippen LogP contribution is -2.35. The van der Waals surface area contributed by atoms with Gasteiger partial charge in [-0.2, -0.15) is 5.10 Å². The van der Waals surface area contributed by atoms with Gasteiger partial charge in [0.2, 0.25) is 0 Å². The summed E-state index contributed by atoms with van der Waals surface area (Å²) in [6.45, 7) is 7.94. The first-order chi connectivity index (χ1) is 14.5. The molecule has 0 atom stereocenters. The van der Waals surface area contributed by atoms with Crippen LogP contribution in [0.4, 0.5) is 4.39 Å². The van der Waals surface area contributed by atoms with Gasteiger partial charge < -0.3 is 4.90 Å². The Morgan fingerprint density at radius 1 is 0.967 bits per heavy atom. The van der Waals surface area contributed by atoms with E-state index in [1.807, 2.05) is 24.8 Å². The molecule has 6 heteroatoms. The molecule has 1 aliphatic heterocycles. The Hall–Kier alpha value is -2.99. The first-order valence-electron chi connectivity index (χ1n) is 10.4. The van der Waals surface area contributed by atoms with Gasteiger partial charge >= 0.3 is 0 Å². The highest BCUT2D eigenvalue weighted by molar-refractivity contribution is 5.96. The fourth-order valence-electron chi connectivity index (χ4n) is 4.12. The van der Waals surface area contributed by atoms with Crippen LogP contribution in [0, 0.1) is 19.7 Å². The summed E-state index contributed by atoms with van der Waals surface area (Å²) in [6.07, 6.45) is 0.947. The van der Waals surface area contributed by atoms with Crippen molar-refractivity contribution in [3.63, 3.8) is 0 Å². The molecule has 2 heterocycles. The smallest absolute Gasteiger partial charge is 0.257 e. The van der Waals surface area contributed by atoms with Gasteiger partial charge in [-0.05, 0) is 50.1 Å². The molecule has 1 saturated heterocycles. The topological polar surface area (TPSA) is 41.4 Å². The minimum atomic E-state index is -0.291. The minimum absolute atomic E-state index is 0.0277. The summed E-state index contributed by atoms with van der Waals surface area (Å²) in [5, 5.41) is 4.56.